The van der Waals surface area contributed by atoms with Crippen molar-refractivity contribution < 1.29 is 4.79 Å². The van der Waals surface area contributed by atoms with E-state index in [1.807, 2.05) is 17.0 Å². The minimum Gasteiger partial charge on any atom is -0.294 e. The fourth-order valence-corrected chi connectivity index (χ4v) is 4.52. The van der Waals surface area contributed by atoms with Crippen LogP contribution in [0.4, 0.5) is 5.69 Å². The Morgan fingerprint density at radius 1 is 1.11 bits per heavy atom. The molecule has 1 amide bonds. The van der Waals surface area contributed by atoms with Crippen LogP contribution in [0.5, 0.6) is 0 Å². The van der Waals surface area contributed by atoms with Crippen molar-refractivity contribution >= 4 is 23.2 Å². The molecule has 3 heteroatoms. The second-order valence-electron chi connectivity index (χ2n) is 9.13. The Labute approximate surface area is 168 Å². The second kappa shape index (κ2) is 7.21. The van der Waals surface area contributed by atoms with Gasteiger partial charge in [-0.3, -0.25) is 14.6 Å². The van der Waals surface area contributed by atoms with Gasteiger partial charge in [0.25, 0.3) is 5.91 Å². The zero-order valence-corrected chi connectivity index (χ0v) is 17.5. The first-order valence-electron chi connectivity index (χ1n) is 10.3. The van der Waals surface area contributed by atoms with E-state index in [2.05, 4.69) is 69.0 Å². The first-order valence-corrected chi connectivity index (χ1v) is 10.3. The number of benzene rings is 2. The molecule has 4 rings (SSSR count). The van der Waals surface area contributed by atoms with Crippen LogP contribution in [0.15, 0.2) is 42.5 Å². The molecule has 146 valence electrons. The molecule has 2 aliphatic heterocycles. The molecule has 3 nitrogen and oxygen atoms in total. The van der Waals surface area contributed by atoms with E-state index in [1.54, 1.807) is 0 Å². The average Bonchev–Trinajstić information content (AvgIpc) is 2.90. The number of carbonyl (C=O) groups excluding carboxylic acids is 1. The standard InChI is InChI=1S/C25H30N2O/c1-18-10-11-19(2)20(14-18)15-22-21-8-5-6-9-23(21)27(24(22)28)17-26-13-7-12-25(3,4)16-26/h5-6,8-11,14-15H,7,12-13,16-17H2,1-4H3/b22-15+. The van der Waals surface area contributed by atoms with Crippen molar-refractivity contribution in [2.75, 3.05) is 24.7 Å². The minimum absolute atomic E-state index is 0.116. The first-order chi connectivity index (χ1) is 13.3. The molecule has 0 unspecified atom stereocenters. The Morgan fingerprint density at radius 2 is 1.89 bits per heavy atom. The summed E-state index contributed by atoms with van der Waals surface area (Å²) in [6, 6.07) is 14.6. The highest BCUT2D eigenvalue weighted by molar-refractivity contribution is 6.35. The monoisotopic (exact) mass is 374 g/mol. The van der Waals surface area contributed by atoms with Crippen molar-refractivity contribution in [1.29, 1.82) is 0 Å². The van der Waals surface area contributed by atoms with Crippen molar-refractivity contribution in [1.82, 2.24) is 4.90 Å². The van der Waals surface area contributed by atoms with E-state index in [0.717, 1.165) is 35.5 Å². The summed E-state index contributed by atoms with van der Waals surface area (Å²) >= 11 is 0. The summed E-state index contributed by atoms with van der Waals surface area (Å²) in [4.78, 5) is 17.8. The summed E-state index contributed by atoms with van der Waals surface area (Å²) in [6.45, 7) is 11.6. The number of hydrogen-bond acceptors (Lipinski definition) is 2. The molecule has 1 fully saturated rings. The lowest BCUT2D eigenvalue weighted by Crippen LogP contribution is -2.46. The Morgan fingerprint density at radius 3 is 2.68 bits per heavy atom. The topological polar surface area (TPSA) is 23.6 Å². The number of nitrogens with zero attached hydrogens (tertiary/aromatic N) is 2. The summed E-state index contributed by atoms with van der Waals surface area (Å²) in [5.74, 6) is 0.116. The molecule has 2 aromatic rings. The first kappa shape index (κ1) is 18.9. The number of amides is 1. The van der Waals surface area contributed by atoms with Gasteiger partial charge >= 0.3 is 0 Å². The number of likely N-dealkylation sites (tertiary alicyclic amines) is 1. The third-order valence-corrected chi connectivity index (χ3v) is 6.02. The number of anilines is 1. The minimum atomic E-state index is 0.116. The van der Waals surface area contributed by atoms with E-state index in [9.17, 15) is 4.79 Å². The lowest BCUT2D eigenvalue weighted by Gasteiger charge is -2.39. The fraction of sp³-hybridized carbons (Fsp3) is 0.400. The van der Waals surface area contributed by atoms with Crippen LogP contribution in [0.3, 0.4) is 0 Å². The van der Waals surface area contributed by atoms with Crippen LogP contribution in [-0.4, -0.2) is 30.6 Å². The predicted octanol–water partition coefficient (Wildman–Crippen LogP) is 5.27. The Kier molecular flexibility index (Phi) is 4.88. The van der Waals surface area contributed by atoms with Crippen LogP contribution in [-0.2, 0) is 4.79 Å². The molecule has 2 aliphatic rings. The van der Waals surface area contributed by atoms with E-state index >= 15 is 0 Å². The summed E-state index contributed by atoms with van der Waals surface area (Å²) in [6.07, 6.45) is 4.53. The van der Waals surface area contributed by atoms with Crippen LogP contribution in [0.1, 0.15) is 48.9 Å². The van der Waals surface area contributed by atoms with E-state index in [0.29, 0.717) is 12.1 Å². The average molecular weight is 375 g/mol. The van der Waals surface area contributed by atoms with Crippen LogP contribution < -0.4 is 4.90 Å². The van der Waals surface area contributed by atoms with Crippen molar-refractivity contribution in [3.63, 3.8) is 0 Å². The summed E-state index contributed by atoms with van der Waals surface area (Å²) in [5, 5.41) is 0. The number of hydrogen-bond donors (Lipinski definition) is 0. The molecular formula is C25H30N2O. The molecule has 2 heterocycles. The molecule has 0 N–H and O–H groups in total. The third-order valence-electron chi connectivity index (χ3n) is 6.02. The van der Waals surface area contributed by atoms with E-state index < -0.39 is 0 Å². The molecule has 0 radical (unpaired) electrons. The van der Waals surface area contributed by atoms with Gasteiger partial charge in [0.15, 0.2) is 0 Å². The molecule has 0 aliphatic carbocycles. The predicted molar refractivity (Wildman–Crippen MR) is 117 cm³/mol. The Bertz CT molecular complexity index is 941. The van der Waals surface area contributed by atoms with Crippen LogP contribution in [0.2, 0.25) is 0 Å². The Balaban J connectivity index is 1.68. The van der Waals surface area contributed by atoms with Gasteiger partial charge in [-0.05, 0) is 61.9 Å². The number of carbonyl (C=O) groups is 1. The number of rotatable bonds is 3. The van der Waals surface area contributed by atoms with Crippen molar-refractivity contribution in [3.8, 4) is 0 Å². The number of para-hydroxylation sites is 1. The van der Waals surface area contributed by atoms with Gasteiger partial charge in [0.1, 0.15) is 0 Å². The van der Waals surface area contributed by atoms with E-state index in [4.69, 9.17) is 0 Å². The fourth-order valence-electron chi connectivity index (χ4n) is 4.52. The highest BCUT2D eigenvalue weighted by Crippen LogP contribution is 2.39. The maximum absolute atomic E-state index is 13.4. The third kappa shape index (κ3) is 3.64. The van der Waals surface area contributed by atoms with Gasteiger partial charge < -0.3 is 0 Å². The van der Waals surface area contributed by atoms with Gasteiger partial charge in [-0.2, -0.15) is 0 Å². The van der Waals surface area contributed by atoms with Gasteiger partial charge in [-0.1, -0.05) is 55.8 Å². The molecule has 1 saturated heterocycles. The maximum atomic E-state index is 13.4. The van der Waals surface area contributed by atoms with E-state index in [-0.39, 0.29) is 5.91 Å². The molecule has 0 spiro atoms. The SMILES string of the molecule is Cc1ccc(C)c(/C=C2/C(=O)N(CN3CCCC(C)(C)C3)c3ccccc32)c1. The molecule has 0 atom stereocenters. The lowest BCUT2D eigenvalue weighted by atomic mass is 9.84. The molecule has 28 heavy (non-hydrogen) atoms. The highest BCUT2D eigenvalue weighted by atomic mass is 16.2. The Hall–Kier alpha value is -2.39. The lowest BCUT2D eigenvalue weighted by molar-refractivity contribution is -0.113. The zero-order chi connectivity index (χ0) is 19.9. The summed E-state index contributed by atoms with van der Waals surface area (Å²) < 4.78 is 0. The molecular weight excluding hydrogens is 344 g/mol. The largest absolute Gasteiger partial charge is 0.294 e. The molecule has 0 aromatic heterocycles. The summed E-state index contributed by atoms with van der Waals surface area (Å²) in [5.41, 5.74) is 6.73. The number of aryl methyl sites for hydroxylation is 2. The molecule has 0 bridgehead atoms. The highest BCUT2D eigenvalue weighted by Gasteiger charge is 2.35. The van der Waals surface area contributed by atoms with Gasteiger partial charge in [0, 0.05) is 17.7 Å². The maximum Gasteiger partial charge on any atom is 0.260 e. The van der Waals surface area contributed by atoms with Gasteiger partial charge in [-0.15, -0.1) is 0 Å². The van der Waals surface area contributed by atoms with Crippen LogP contribution in [0.25, 0.3) is 11.6 Å². The molecule has 0 saturated carbocycles. The quantitative estimate of drug-likeness (QED) is 0.683. The zero-order valence-electron chi connectivity index (χ0n) is 17.5. The van der Waals surface area contributed by atoms with Gasteiger partial charge in [-0.25, -0.2) is 0 Å². The van der Waals surface area contributed by atoms with Crippen molar-refractivity contribution in [3.05, 3.63) is 64.7 Å². The van der Waals surface area contributed by atoms with Gasteiger partial charge in [0.2, 0.25) is 0 Å². The smallest absolute Gasteiger partial charge is 0.260 e. The van der Waals surface area contributed by atoms with Crippen molar-refractivity contribution in [2.45, 2.75) is 40.5 Å². The van der Waals surface area contributed by atoms with Crippen molar-refractivity contribution in [2.24, 2.45) is 5.41 Å². The van der Waals surface area contributed by atoms with Gasteiger partial charge in [0.05, 0.1) is 12.4 Å². The molecule has 2 aromatic carbocycles. The van der Waals surface area contributed by atoms with Crippen LogP contribution >= 0.6 is 0 Å². The van der Waals surface area contributed by atoms with Crippen LogP contribution in [0, 0.1) is 19.3 Å². The summed E-state index contributed by atoms with van der Waals surface area (Å²) in [7, 11) is 0. The number of piperidine rings is 1. The second-order valence-corrected chi connectivity index (χ2v) is 9.13. The normalized spacial score (nSPS) is 20.6. The van der Waals surface area contributed by atoms with E-state index in [1.165, 1.54) is 24.0 Å². The number of fused-ring (bicyclic) bond motifs is 1.